The second-order valence-corrected chi connectivity index (χ2v) is 5.27. The molecule has 1 fully saturated rings. The van der Waals surface area contributed by atoms with Gasteiger partial charge < -0.3 is 10.6 Å². The molecule has 1 aromatic heterocycles. The van der Waals surface area contributed by atoms with Crippen molar-refractivity contribution in [2.24, 2.45) is 0 Å². The number of nitrogens with zero attached hydrogens (tertiary/aromatic N) is 1. The van der Waals surface area contributed by atoms with E-state index in [2.05, 4.69) is 15.6 Å². The Bertz CT molecular complexity index is 414. The van der Waals surface area contributed by atoms with Crippen LogP contribution in [0.25, 0.3) is 0 Å². The molecular formula is C15H23N3O. The molecule has 104 valence electrons. The number of amides is 1. The maximum absolute atomic E-state index is 11.8. The number of rotatable bonds is 5. The van der Waals surface area contributed by atoms with Crippen LogP contribution in [0.3, 0.4) is 0 Å². The van der Waals surface area contributed by atoms with E-state index in [0.29, 0.717) is 19.1 Å². The smallest absolute Gasteiger partial charge is 0.234 e. The number of aryl methyl sites for hydroxylation is 1. The second-order valence-electron chi connectivity index (χ2n) is 5.27. The van der Waals surface area contributed by atoms with Crippen molar-refractivity contribution in [3.63, 3.8) is 0 Å². The summed E-state index contributed by atoms with van der Waals surface area (Å²) in [6.07, 6.45) is 7.84. The summed E-state index contributed by atoms with van der Waals surface area (Å²) >= 11 is 0. The Balaban J connectivity index is 1.67. The van der Waals surface area contributed by atoms with E-state index in [0.717, 1.165) is 24.1 Å². The van der Waals surface area contributed by atoms with Crippen molar-refractivity contribution in [2.45, 2.75) is 51.6 Å². The quantitative estimate of drug-likeness (QED) is 0.851. The lowest BCUT2D eigenvalue weighted by Crippen LogP contribution is -2.41. The third-order valence-electron chi connectivity index (χ3n) is 3.67. The minimum Gasteiger partial charge on any atom is -0.352 e. The molecule has 0 saturated heterocycles. The van der Waals surface area contributed by atoms with Crippen molar-refractivity contribution in [3.8, 4) is 0 Å². The Morgan fingerprint density at radius 2 is 2.16 bits per heavy atom. The molecule has 0 bridgehead atoms. The lowest BCUT2D eigenvalue weighted by atomic mass is 9.95. The highest BCUT2D eigenvalue weighted by Crippen LogP contribution is 2.17. The average Bonchev–Trinajstić information content (AvgIpc) is 2.42. The summed E-state index contributed by atoms with van der Waals surface area (Å²) in [4.78, 5) is 16.1. The third-order valence-corrected chi connectivity index (χ3v) is 3.67. The molecular weight excluding hydrogens is 238 g/mol. The number of hydrogen-bond donors (Lipinski definition) is 2. The Hall–Kier alpha value is -1.42. The molecule has 0 aliphatic heterocycles. The van der Waals surface area contributed by atoms with Crippen LogP contribution < -0.4 is 10.6 Å². The summed E-state index contributed by atoms with van der Waals surface area (Å²) < 4.78 is 0. The summed E-state index contributed by atoms with van der Waals surface area (Å²) in [6, 6.07) is 4.35. The van der Waals surface area contributed by atoms with Crippen LogP contribution >= 0.6 is 0 Å². The Kier molecular flexibility index (Phi) is 5.33. The molecule has 2 rings (SSSR count). The van der Waals surface area contributed by atoms with Crippen molar-refractivity contribution in [3.05, 3.63) is 29.6 Å². The molecule has 0 radical (unpaired) electrons. The van der Waals surface area contributed by atoms with Crippen molar-refractivity contribution >= 4 is 5.91 Å². The normalized spacial score (nSPS) is 16.3. The molecule has 0 spiro atoms. The lowest BCUT2D eigenvalue weighted by Gasteiger charge is -2.22. The van der Waals surface area contributed by atoms with Crippen LogP contribution in [0.5, 0.6) is 0 Å². The van der Waals surface area contributed by atoms with Gasteiger partial charge in [-0.3, -0.25) is 9.78 Å². The maximum Gasteiger partial charge on any atom is 0.234 e. The van der Waals surface area contributed by atoms with Crippen molar-refractivity contribution in [2.75, 3.05) is 6.54 Å². The van der Waals surface area contributed by atoms with Gasteiger partial charge in [0.2, 0.25) is 5.91 Å². The minimum absolute atomic E-state index is 0.0977. The molecule has 1 aliphatic carbocycles. The van der Waals surface area contributed by atoms with Crippen LogP contribution in [-0.4, -0.2) is 23.5 Å². The SMILES string of the molecule is Cc1cccnc1CNCC(=O)NC1CCCCC1. The number of carbonyl (C=O) groups is 1. The van der Waals surface area contributed by atoms with Crippen LogP contribution in [-0.2, 0) is 11.3 Å². The van der Waals surface area contributed by atoms with E-state index in [4.69, 9.17) is 0 Å². The van der Waals surface area contributed by atoms with Crippen molar-refractivity contribution in [1.29, 1.82) is 0 Å². The van der Waals surface area contributed by atoms with Gasteiger partial charge in [0.05, 0.1) is 12.2 Å². The molecule has 1 aromatic rings. The predicted octanol–water partition coefficient (Wildman–Crippen LogP) is 1.93. The summed E-state index contributed by atoms with van der Waals surface area (Å²) in [5.41, 5.74) is 2.16. The van der Waals surface area contributed by atoms with E-state index in [-0.39, 0.29) is 5.91 Å². The number of hydrogen-bond acceptors (Lipinski definition) is 3. The average molecular weight is 261 g/mol. The summed E-state index contributed by atoms with van der Waals surface area (Å²) in [5, 5.41) is 6.26. The van der Waals surface area contributed by atoms with E-state index < -0.39 is 0 Å². The molecule has 4 nitrogen and oxygen atoms in total. The predicted molar refractivity (Wildman–Crippen MR) is 75.7 cm³/mol. The molecule has 0 unspecified atom stereocenters. The standard InChI is InChI=1S/C15H23N3O/c1-12-6-5-9-17-14(12)10-16-11-15(19)18-13-7-3-2-4-8-13/h5-6,9,13,16H,2-4,7-8,10-11H2,1H3,(H,18,19). The molecule has 4 heteroatoms. The molecule has 1 aliphatic rings. The van der Waals surface area contributed by atoms with Crippen molar-refractivity contribution in [1.82, 2.24) is 15.6 Å². The zero-order valence-electron chi connectivity index (χ0n) is 11.6. The third kappa shape index (κ3) is 4.63. The summed E-state index contributed by atoms with van der Waals surface area (Å²) in [7, 11) is 0. The van der Waals surface area contributed by atoms with Gasteiger partial charge in [-0.05, 0) is 31.4 Å². The van der Waals surface area contributed by atoms with Crippen LogP contribution in [0.1, 0.15) is 43.4 Å². The van der Waals surface area contributed by atoms with E-state index in [9.17, 15) is 4.79 Å². The molecule has 2 N–H and O–H groups in total. The number of carbonyl (C=O) groups excluding carboxylic acids is 1. The van der Waals surface area contributed by atoms with E-state index >= 15 is 0 Å². The van der Waals surface area contributed by atoms with Gasteiger partial charge in [-0.25, -0.2) is 0 Å². The zero-order valence-corrected chi connectivity index (χ0v) is 11.6. The van der Waals surface area contributed by atoms with Crippen LogP contribution in [0.2, 0.25) is 0 Å². The first-order valence-electron chi connectivity index (χ1n) is 7.16. The fourth-order valence-electron chi connectivity index (χ4n) is 2.52. The van der Waals surface area contributed by atoms with E-state index in [1.807, 2.05) is 19.1 Å². The topological polar surface area (TPSA) is 54.0 Å². The second kappa shape index (κ2) is 7.24. The molecule has 1 heterocycles. The van der Waals surface area contributed by atoms with Gasteiger partial charge in [0.1, 0.15) is 0 Å². The Morgan fingerprint density at radius 1 is 1.37 bits per heavy atom. The Morgan fingerprint density at radius 3 is 2.89 bits per heavy atom. The molecule has 0 atom stereocenters. The van der Waals surface area contributed by atoms with Gasteiger partial charge in [-0.2, -0.15) is 0 Å². The summed E-state index contributed by atoms with van der Waals surface area (Å²) in [6.45, 7) is 3.05. The first-order chi connectivity index (χ1) is 9.25. The molecule has 1 amide bonds. The van der Waals surface area contributed by atoms with Crippen LogP contribution in [0.4, 0.5) is 0 Å². The first kappa shape index (κ1) is 14.0. The first-order valence-corrected chi connectivity index (χ1v) is 7.16. The van der Waals surface area contributed by atoms with Gasteiger partial charge in [0, 0.05) is 18.8 Å². The fraction of sp³-hybridized carbons (Fsp3) is 0.600. The zero-order chi connectivity index (χ0) is 13.5. The van der Waals surface area contributed by atoms with E-state index in [1.54, 1.807) is 6.20 Å². The number of aromatic nitrogens is 1. The highest BCUT2D eigenvalue weighted by Gasteiger charge is 2.15. The van der Waals surface area contributed by atoms with E-state index in [1.165, 1.54) is 19.3 Å². The molecule has 0 aromatic carbocycles. The van der Waals surface area contributed by atoms with Gasteiger partial charge in [-0.15, -0.1) is 0 Å². The number of pyridine rings is 1. The monoisotopic (exact) mass is 261 g/mol. The summed E-state index contributed by atoms with van der Waals surface area (Å²) in [5.74, 6) is 0.0977. The highest BCUT2D eigenvalue weighted by atomic mass is 16.1. The van der Waals surface area contributed by atoms with Gasteiger partial charge >= 0.3 is 0 Å². The van der Waals surface area contributed by atoms with Crippen molar-refractivity contribution < 1.29 is 4.79 Å². The maximum atomic E-state index is 11.8. The highest BCUT2D eigenvalue weighted by molar-refractivity contribution is 5.78. The van der Waals surface area contributed by atoms with Crippen LogP contribution in [0.15, 0.2) is 18.3 Å². The van der Waals surface area contributed by atoms with Gasteiger partial charge in [0.15, 0.2) is 0 Å². The van der Waals surface area contributed by atoms with Crippen LogP contribution in [0, 0.1) is 6.92 Å². The molecule has 1 saturated carbocycles. The van der Waals surface area contributed by atoms with Gasteiger partial charge in [0.25, 0.3) is 0 Å². The largest absolute Gasteiger partial charge is 0.352 e. The lowest BCUT2D eigenvalue weighted by molar-refractivity contribution is -0.121. The Labute approximate surface area is 115 Å². The van der Waals surface area contributed by atoms with Gasteiger partial charge in [-0.1, -0.05) is 25.3 Å². The number of nitrogens with one attached hydrogen (secondary N) is 2. The molecule has 19 heavy (non-hydrogen) atoms. The minimum atomic E-state index is 0.0977. The fourth-order valence-corrected chi connectivity index (χ4v) is 2.52.